The molecule has 0 aliphatic carbocycles. The number of rotatable bonds is 3. The number of aliphatic hydroxyl groups is 3. The standard InChI is InChI=1S/C6H10N6O4/c7-11-9-1-2-4(13)3(10-12-8)5(14)6(15)16-2/h2-6,13-15H,1H2/t2-,3+,4-,5+,6-/m0/s1. The van der Waals surface area contributed by atoms with Crippen LogP contribution in [0.4, 0.5) is 0 Å². The maximum atomic E-state index is 9.63. The van der Waals surface area contributed by atoms with Crippen molar-refractivity contribution in [3.05, 3.63) is 20.9 Å². The van der Waals surface area contributed by atoms with Crippen LogP contribution in [0.25, 0.3) is 20.9 Å². The smallest absolute Gasteiger partial charge is 0.181 e. The molecule has 0 unspecified atom stereocenters. The van der Waals surface area contributed by atoms with E-state index in [0.29, 0.717) is 0 Å². The van der Waals surface area contributed by atoms with E-state index in [0.717, 1.165) is 0 Å². The molecular weight excluding hydrogens is 220 g/mol. The molecule has 0 saturated carbocycles. The lowest BCUT2D eigenvalue weighted by Gasteiger charge is -2.38. The quantitative estimate of drug-likeness (QED) is 0.335. The van der Waals surface area contributed by atoms with E-state index in [9.17, 15) is 15.3 Å². The summed E-state index contributed by atoms with van der Waals surface area (Å²) in [5, 5.41) is 34.6. The van der Waals surface area contributed by atoms with Crippen molar-refractivity contribution in [3.63, 3.8) is 0 Å². The molecule has 0 aromatic rings. The van der Waals surface area contributed by atoms with Crippen molar-refractivity contribution in [3.8, 4) is 0 Å². The van der Waals surface area contributed by atoms with Gasteiger partial charge in [-0.25, -0.2) is 0 Å². The van der Waals surface area contributed by atoms with Gasteiger partial charge in [-0.1, -0.05) is 10.2 Å². The summed E-state index contributed by atoms with van der Waals surface area (Å²) in [6.45, 7) is -0.237. The van der Waals surface area contributed by atoms with Crippen LogP contribution in [0.1, 0.15) is 0 Å². The highest BCUT2D eigenvalue weighted by Crippen LogP contribution is 2.22. The molecule has 1 aliphatic rings. The first-order valence-electron chi connectivity index (χ1n) is 4.36. The summed E-state index contributed by atoms with van der Waals surface area (Å²) in [6, 6.07) is -1.24. The molecule has 0 amide bonds. The summed E-state index contributed by atoms with van der Waals surface area (Å²) in [6.07, 6.45) is -5.49. The highest BCUT2D eigenvalue weighted by atomic mass is 16.6. The number of azide groups is 2. The minimum absolute atomic E-state index is 0.237. The molecule has 1 fully saturated rings. The summed E-state index contributed by atoms with van der Waals surface area (Å²) in [5.41, 5.74) is 16.3. The average Bonchev–Trinajstić information content (AvgIpc) is 2.27. The van der Waals surface area contributed by atoms with Crippen LogP contribution in [0, 0.1) is 0 Å². The van der Waals surface area contributed by atoms with Crippen LogP contribution in [0.2, 0.25) is 0 Å². The Morgan fingerprint density at radius 1 is 1.12 bits per heavy atom. The van der Waals surface area contributed by atoms with E-state index in [4.69, 9.17) is 15.8 Å². The fraction of sp³-hybridized carbons (Fsp3) is 1.00. The molecule has 0 spiro atoms. The molecule has 1 aliphatic heterocycles. The van der Waals surface area contributed by atoms with Crippen molar-refractivity contribution in [2.75, 3.05) is 6.54 Å². The van der Waals surface area contributed by atoms with Gasteiger partial charge in [0.25, 0.3) is 0 Å². The first-order valence-corrected chi connectivity index (χ1v) is 4.36. The molecule has 3 N–H and O–H groups in total. The van der Waals surface area contributed by atoms with Crippen LogP contribution in [-0.4, -0.2) is 52.5 Å². The van der Waals surface area contributed by atoms with Gasteiger partial charge in [-0.05, 0) is 11.1 Å². The van der Waals surface area contributed by atoms with Gasteiger partial charge < -0.3 is 20.1 Å². The van der Waals surface area contributed by atoms with Crippen molar-refractivity contribution in [1.29, 1.82) is 0 Å². The van der Waals surface area contributed by atoms with Crippen LogP contribution >= 0.6 is 0 Å². The summed E-state index contributed by atoms with van der Waals surface area (Å²) in [5.74, 6) is 0. The zero-order valence-electron chi connectivity index (χ0n) is 8.03. The van der Waals surface area contributed by atoms with E-state index < -0.39 is 30.6 Å². The Labute approximate surface area is 89.3 Å². The molecule has 0 aromatic carbocycles. The summed E-state index contributed by atoms with van der Waals surface area (Å²) in [4.78, 5) is 4.91. The molecular formula is C6H10N6O4. The minimum Gasteiger partial charge on any atom is -0.390 e. The fourth-order valence-corrected chi connectivity index (χ4v) is 1.39. The number of hydrogen-bond donors (Lipinski definition) is 3. The molecule has 0 bridgehead atoms. The molecule has 0 aromatic heterocycles. The lowest BCUT2D eigenvalue weighted by Crippen LogP contribution is -2.57. The molecule has 1 rings (SSSR count). The lowest BCUT2D eigenvalue weighted by atomic mass is 9.97. The van der Waals surface area contributed by atoms with Crippen molar-refractivity contribution in [2.45, 2.75) is 30.6 Å². The van der Waals surface area contributed by atoms with Gasteiger partial charge in [0.15, 0.2) is 6.29 Å². The van der Waals surface area contributed by atoms with Crippen molar-refractivity contribution < 1.29 is 20.1 Å². The molecule has 10 heteroatoms. The molecule has 1 saturated heterocycles. The molecule has 5 atom stereocenters. The SMILES string of the molecule is [N-]=[N+]=NC[C@@H]1O[C@H](O)[C@H](O)[C@H](N=[N+]=[N-])[C@H]1O. The predicted octanol–water partition coefficient (Wildman–Crippen LogP) is -0.585. The van der Waals surface area contributed by atoms with Crippen molar-refractivity contribution in [1.82, 2.24) is 0 Å². The van der Waals surface area contributed by atoms with Crippen LogP contribution in [0.5, 0.6) is 0 Å². The third kappa shape index (κ3) is 2.52. The Kier molecular flexibility index (Phi) is 4.32. The highest BCUT2D eigenvalue weighted by molar-refractivity contribution is 4.94. The minimum atomic E-state index is -1.60. The second-order valence-corrected chi connectivity index (χ2v) is 3.16. The zero-order chi connectivity index (χ0) is 12.1. The van der Waals surface area contributed by atoms with E-state index in [1.165, 1.54) is 0 Å². The highest BCUT2D eigenvalue weighted by Gasteiger charge is 2.43. The topological polar surface area (TPSA) is 167 Å². The Morgan fingerprint density at radius 3 is 2.38 bits per heavy atom. The second kappa shape index (κ2) is 5.52. The molecule has 88 valence electrons. The van der Waals surface area contributed by atoms with Gasteiger partial charge in [-0.3, -0.25) is 0 Å². The maximum Gasteiger partial charge on any atom is 0.181 e. The Balaban J connectivity index is 2.83. The van der Waals surface area contributed by atoms with Gasteiger partial charge >= 0.3 is 0 Å². The lowest BCUT2D eigenvalue weighted by molar-refractivity contribution is -0.249. The molecule has 16 heavy (non-hydrogen) atoms. The summed E-state index contributed by atoms with van der Waals surface area (Å²) in [7, 11) is 0. The van der Waals surface area contributed by atoms with E-state index in [-0.39, 0.29) is 6.54 Å². The van der Waals surface area contributed by atoms with Gasteiger partial charge in [-0.2, -0.15) is 0 Å². The van der Waals surface area contributed by atoms with Crippen LogP contribution in [-0.2, 0) is 4.74 Å². The van der Waals surface area contributed by atoms with Gasteiger partial charge in [0.1, 0.15) is 6.10 Å². The zero-order valence-corrected chi connectivity index (χ0v) is 8.03. The summed E-state index contributed by atoms with van der Waals surface area (Å²) >= 11 is 0. The molecule has 0 radical (unpaired) electrons. The van der Waals surface area contributed by atoms with E-state index in [2.05, 4.69) is 20.1 Å². The van der Waals surface area contributed by atoms with Crippen molar-refractivity contribution in [2.24, 2.45) is 10.2 Å². The van der Waals surface area contributed by atoms with Crippen LogP contribution in [0.15, 0.2) is 10.2 Å². The number of aliphatic hydroxyl groups excluding tert-OH is 3. The first kappa shape index (κ1) is 12.5. The van der Waals surface area contributed by atoms with E-state index >= 15 is 0 Å². The van der Waals surface area contributed by atoms with Gasteiger partial charge in [-0.15, -0.1) is 0 Å². The van der Waals surface area contributed by atoms with Gasteiger partial charge in [0, 0.05) is 9.82 Å². The number of ether oxygens (including phenoxy) is 1. The van der Waals surface area contributed by atoms with Crippen molar-refractivity contribution >= 4 is 0 Å². The molecule has 10 nitrogen and oxygen atoms in total. The third-order valence-corrected chi connectivity index (χ3v) is 2.20. The molecule has 1 heterocycles. The Bertz CT molecular complexity index is 338. The normalized spacial score (nSPS) is 38.3. The van der Waals surface area contributed by atoms with Gasteiger partial charge in [0.05, 0.1) is 24.8 Å². The third-order valence-electron chi connectivity index (χ3n) is 2.20. The number of nitrogens with zero attached hydrogens (tertiary/aromatic N) is 6. The fourth-order valence-electron chi connectivity index (χ4n) is 1.39. The Morgan fingerprint density at radius 2 is 1.81 bits per heavy atom. The van der Waals surface area contributed by atoms with Crippen LogP contribution < -0.4 is 0 Å². The van der Waals surface area contributed by atoms with Gasteiger partial charge in [0.2, 0.25) is 0 Å². The second-order valence-electron chi connectivity index (χ2n) is 3.16. The predicted molar refractivity (Wildman–Crippen MR) is 49.8 cm³/mol. The van der Waals surface area contributed by atoms with E-state index in [1.54, 1.807) is 0 Å². The first-order chi connectivity index (χ1) is 7.61. The van der Waals surface area contributed by atoms with Crippen LogP contribution in [0.3, 0.4) is 0 Å². The van der Waals surface area contributed by atoms with E-state index in [1.807, 2.05) is 0 Å². The largest absolute Gasteiger partial charge is 0.390 e. The Hall–Kier alpha value is -1.54. The summed E-state index contributed by atoms with van der Waals surface area (Å²) < 4.78 is 4.80. The number of hydrogen-bond acceptors (Lipinski definition) is 6. The average molecular weight is 230 g/mol. The monoisotopic (exact) mass is 230 g/mol. The maximum absolute atomic E-state index is 9.63.